The van der Waals surface area contributed by atoms with Gasteiger partial charge in [-0.25, -0.2) is 9.78 Å². The van der Waals surface area contributed by atoms with Crippen LogP contribution in [-0.2, 0) is 16.1 Å². The Balaban J connectivity index is 1.71. The number of non-ortho nitro benzene ring substituents is 1. The Kier molecular flexibility index (Phi) is 5.20. The maximum Gasteiger partial charge on any atom is 0.331 e. The Hall–Kier alpha value is -3.62. The molecule has 0 fully saturated rings. The molecule has 2 aromatic carbocycles. The Labute approximate surface area is 151 Å². The molecule has 0 radical (unpaired) electrons. The van der Waals surface area contributed by atoms with Gasteiger partial charge in [0.25, 0.3) is 5.69 Å². The van der Waals surface area contributed by atoms with E-state index in [9.17, 15) is 23.7 Å². The second-order valence-electron chi connectivity index (χ2n) is 5.46. The summed E-state index contributed by atoms with van der Waals surface area (Å²) in [6.07, 6.45) is 2.40. The number of benzene rings is 2. The van der Waals surface area contributed by atoms with Crippen LogP contribution < -0.4 is 0 Å². The number of fused-ring (bicyclic) bond motifs is 1. The zero-order valence-electron chi connectivity index (χ0n) is 13.8. The molecule has 0 N–H and O–H groups in total. The molecule has 0 atom stereocenters. The van der Waals surface area contributed by atoms with Crippen LogP contribution in [0.4, 0.5) is 14.5 Å². The third kappa shape index (κ3) is 4.14. The van der Waals surface area contributed by atoms with Crippen LogP contribution in [0.25, 0.3) is 17.1 Å². The molecule has 0 aliphatic rings. The first-order chi connectivity index (χ1) is 13.0. The van der Waals surface area contributed by atoms with Gasteiger partial charge < -0.3 is 4.74 Å². The number of carbonyl (C=O) groups excluding carboxylic acids is 1. The van der Waals surface area contributed by atoms with Gasteiger partial charge in [0.1, 0.15) is 6.61 Å². The van der Waals surface area contributed by atoms with Crippen LogP contribution >= 0.6 is 0 Å². The van der Waals surface area contributed by atoms with Crippen molar-refractivity contribution in [1.82, 2.24) is 9.55 Å². The van der Waals surface area contributed by atoms with Gasteiger partial charge in [-0.1, -0.05) is 24.3 Å². The summed E-state index contributed by atoms with van der Waals surface area (Å²) in [5, 5.41) is 10.7. The average Bonchev–Trinajstić information content (AvgIpc) is 3.03. The minimum absolute atomic E-state index is 0.0803. The summed E-state index contributed by atoms with van der Waals surface area (Å²) in [5.74, 6) is -0.863. The molecule has 27 heavy (non-hydrogen) atoms. The monoisotopic (exact) mass is 373 g/mol. The lowest BCUT2D eigenvalue weighted by molar-refractivity contribution is -0.384. The van der Waals surface area contributed by atoms with Gasteiger partial charge in [-0.3, -0.25) is 14.7 Å². The SMILES string of the molecule is O=C(/C=C/c1cccc([N+](=O)[O-])c1)OCc1nc2ccccc2n1C(F)F. The van der Waals surface area contributed by atoms with Crippen LogP contribution in [0.5, 0.6) is 0 Å². The number of esters is 1. The minimum atomic E-state index is -2.83. The largest absolute Gasteiger partial charge is 0.454 e. The van der Waals surface area contributed by atoms with E-state index in [1.807, 2.05) is 0 Å². The Bertz CT molecular complexity index is 1030. The van der Waals surface area contributed by atoms with Crippen LogP contribution in [0.15, 0.2) is 54.6 Å². The van der Waals surface area contributed by atoms with Gasteiger partial charge >= 0.3 is 12.5 Å². The average molecular weight is 373 g/mol. The van der Waals surface area contributed by atoms with Crippen molar-refractivity contribution in [2.24, 2.45) is 0 Å². The fraction of sp³-hybridized carbons (Fsp3) is 0.111. The summed E-state index contributed by atoms with van der Waals surface area (Å²) < 4.78 is 32.3. The number of para-hydroxylation sites is 2. The van der Waals surface area contributed by atoms with Crippen molar-refractivity contribution >= 4 is 28.8 Å². The molecule has 0 unspecified atom stereocenters. The van der Waals surface area contributed by atoms with Crippen LogP contribution in [0.2, 0.25) is 0 Å². The van der Waals surface area contributed by atoms with Gasteiger partial charge in [0.05, 0.1) is 16.0 Å². The van der Waals surface area contributed by atoms with Crippen molar-refractivity contribution in [2.75, 3.05) is 0 Å². The van der Waals surface area contributed by atoms with Crippen LogP contribution in [-0.4, -0.2) is 20.4 Å². The van der Waals surface area contributed by atoms with Crippen molar-refractivity contribution in [3.8, 4) is 0 Å². The molecule has 9 heteroatoms. The molecule has 0 saturated carbocycles. The summed E-state index contributed by atoms with van der Waals surface area (Å²) in [4.78, 5) is 26.1. The predicted molar refractivity (Wildman–Crippen MR) is 92.9 cm³/mol. The third-order valence-corrected chi connectivity index (χ3v) is 3.70. The van der Waals surface area contributed by atoms with E-state index in [0.29, 0.717) is 15.6 Å². The number of ether oxygens (including phenoxy) is 1. The number of carbonyl (C=O) groups is 1. The lowest BCUT2D eigenvalue weighted by Gasteiger charge is -2.07. The second kappa shape index (κ2) is 7.73. The number of imidazole rings is 1. The number of nitro groups is 1. The van der Waals surface area contributed by atoms with E-state index in [1.54, 1.807) is 24.3 Å². The number of nitro benzene ring substituents is 1. The molecule has 3 rings (SSSR count). The Morgan fingerprint density at radius 3 is 2.78 bits per heavy atom. The number of rotatable bonds is 6. The highest BCUT2D eigenvalue weighted by Gasteiger charge is 2.18. The number of hydrogen-bond acceptors (Lipinski definition) is 5. The minimum Gasteiger partial charge on any atom is -0.454 e. The van der Waals surface area contributed by atoms with Gasteiger partial charge in [-0.2, -0.15) is 8.78 Å². The molecule has 0 aliphatic carbocycles. The molecule has 0 saturated heterocycles. The number of aromatic nitrogens is 2. The third-order valence-electron chi connectivity index (χ3n) is 3.70. The maximum absolute atomic E-state index is 13.3. The fourth-order valence-electron chi connectivity index (χ4n) is 2.50. The van der Waals surface area contributed by atoms with Crippen LogP contribution in [0.3, 0.4) is 0 Å². The van der Waals surface area contributed by atoms with E-state index in [0.717, 1.165) is 6.08 Å². The van der Waals surface area contributed by atoms with Crippen LogP contribution in [0, 0.1) is 10.1 Å². The smallest absolute Gasteiger partial charge is 0.331 e. The molecule has 0 bridgehead atoms. The molecule has 1 aromatic heterocycles. The number of hydrogen-bond donors (Lipinski definition) is 0. The highest BCUT2D eigenvalue weighted by Crippen LogP contribution is 2.23. The Morgan fingerprint density at radius 2 is 2.04 bits per heavy atom. The summed E-state index contributed by atoms with van der Waals surface area (Å²) in [7, 11) is 0. The second-order valence-corrected chi connectivity index (χ2v) is 5.46. The number of halogens is 2. The standard InChI is InChI=1S/C18H13F2N3O4/c19-18(20)22-15-7-2-1-6-14(15)21-16(22)11-27-17(24)9-8-12-4-3-5-13(10-12)23(25)26/h1-10,18H,11H2/b9-8+. The summed E-state index contributed by atoms with van der Waals surface area (Å²) in [6, 6.07) is 12.0. The maximum atomic E-state index is 13.3. The van der Waals surface area contributed by atoms with E-state index in [2.05, 4.69) is 4.98 Å². The van der Waals surface area contributed by atoms with E-state index < -0.39 is 24.0 Å². The zero-order valence-corrected chi connectivity index (χ0v) is 13.8. The number of alkyl halides is 2. The summed E-state index contributed by atoms with van der Waals surface area (Å²) in [5.41, 5.74) is 0.929. The van der Waals surface area contributed by atoms with Gasteiger partial charge in [-0.15, -0.1) is 0 Å². The molecule has 7 nitrogen and oxygen atoms in total. The van der Waals surface area contributed by atoms with Crippen molar-refractivity contribution in [3.63, 3.8) is 0 Å². The molecule has 3 aromatic rings. The van der Waals surface area contributed by atoms with Crippen LogP contribution in [0.1, 0.15) is 17.9 Å². The van der Waals surface area contributed by atoms with Crippen molar-refractivity contribution in [3.05, 3.63) is 76.1 Å². The molecule has 0 spiro atoms. The van der Waals surface area contributed by atoms with Crippen molar-refractivity contribution in [2.45, 2.75) is 13.2 Å². The van der Waals surface area contributed by atoms with E-state index >= 15 is 0 Å². The lowest BCUT2D eigenvalue weighted by Crippen LogP contribution is -2.09. The molecular weight excluding hydrogens is 360 g/mol. The van der Waals surface area contributed by atoms with Gasteiger partial charge in [0.2, 0.25) is 0 Å². The fourth-order valence-corrected chi connectivity index (χ4v) is 2.50. The van der Waals surface area contributed by atoms with Gasteiger partial charge in [-0.05, 0) is 23.8 Å². The molecule has 0 amide bonds. The topological polar surface area (TPSA) is 87.3 Å². The molecule has 0 aliphatic heterocycles. The normalized spacial score (nSPS) is 11.4. The first-order valence-corrected chi connectivity index (χ1v) is 7.79. The van der Waals surface area contributed by atoms with E-state index in [4.69, 9.17) is 4.74 Å². The molecule has 1 heterocycles. The highest BCUT2D eigenvalue weighted by atomic mass is 19.3. The number of nitrogens with zero attached hydrogens (tertiary/aromatic N) is 3. The molecular formula is C18H13F2N3O4. The zero-order chi connectivity index (χ0) is 19.4. The van der Waals surface area contributed by atoms with Gasteiger partial charge in [0, 0.05) is 18.2 Å². The first kappa shape index (κ1) is 18.2. The van der Waals surface area contributed by atoms with Crippen molar-refractivity contribution < 1.29 is 23.2 Å². The summed E-state index contributed by atoms with van der Waals surface area (Å²) in [6.45, 7) is -3.26. The quantitative estimate of drug-likeness (QED) is 0.281. The van der Waals surface area contributed by atoms with Gasteiger partial charge in [0.15, 0.2) is 5.82 Å². The summed E-state index contributed by atoms with van der Waals surface area (Å²) >= 11 is 0. The van der Waals surface area contributed by atoms with Crippen molar-refractivity contribution in [1.29, 1.82) is 0 Å². The van der Waals surface area contributed by atoms with E-state index in [1.165, 1.54) is 30.3 Å². The Morgan fingerprint density at radius 1 is 1.26 bits per heavy atom. The highest BCUT2D eigenvalue weighted by molar-refractivity contribution is 5.87. The predicted octanol–water partition coefficient (Wildman–Crippen LogP) is 4.10. The van der Waals surface area contributed by atoms with E-state index in [-0.39, 0.29) is 17.0 Å². The lowest BCUT2D eigenvalue weighted by atomic mass is 10.2. The first-order valence-electron chi connectivity index (χ1n) is 7.79. The molecule has 138 valence electrons.